The van der Waals surface area contributed by atoms with Crippen molar-refractivity contribution in [3.63, 3.8) is 0 Å². The molecule has 2 N–H and O–H groups in total. The van der Waals surface area contributed by atoms with E-state index in [0.717, 1.165) is 25.2 Å². The minimum absolute atomic E-state index is 0.224. The third-order valence-electron chi connectivity index (χ3n) is 4.61. The molecular formula is C20H23FN2O2. The first-order valence-electron chi connectivity index (χ1n) is 8.65. The van der Waals surface area contributed by atoms with Gasteiger partial charge in [0.1, 0.15) is 5.82 Å². The second kappa shape index (κ2) is 8.23. The predicted molar refractivity (Wildman–Crippen MR) is 94.6 cm³/mol. The number of likely N-dealkylation sites (tertiary alicyclic amines) is 1. The molecule has 1 aliphatic heterocycles. The number of hydrogen-bond acceptors (Lipinski definition) is 3. The molecule has 25 heavy (non-hydrogen) atoms. The fourth-order valence-corrected chi connectivity index (χ4v) is 3.23. The predicted octanol–water partition coefficient (Wildman–Crippen LogP) is 2.88. The number of halogens is 1. The van der Waals surface area contributed by atoms with E-state index in [1.807, 2.05) is 18.2 Å². The number of amides is 1. The van der Waals surface area contributed by atoms with Crippen LogP contribution in [0.15, 0.2) is 48.5 Å². The summed E-state index contributed by atoms with van der Waals surface area (Å²) >= 11 is 0. The van der Waals surface area contributed by atoms with E-state index in [4.69, 9.17) is 0 Å². The fourth-order valence-electron chi connectivity index (χ4n) is 3.23. The molecule has 4 nitrogen and oxygen atoms in total. The standard InChI is InChI=1S/C20H23FN2O2/c21-17-9-7-15(8-10-17)19(14-24)22-20(25)18-6-2-1-5-16(18)13-23-11-3-4-12-23/h1-2,5-10,19,24H,3-4,11-14H2,(H,22,25). The highest BCUT2D eigenvalue weighted by molar-refractivity contribution is 5.95. The molecule has 0 bridgehead atoms. The van der Waals surface area contributed by atoms with Crippen LogP contribution in [0.4, 0.5) is 4.39 Å². The van der Waals surface area contributed by atoms with Crippen LogP contribution in [-0.2, 0) is 6.54 Å². The monoisotopic (exact) mass is 342 g/mol. The molecule has 1 fully saturated rings. The molecule has 0 spiro atoms. The molecule has 0 aromatic heterocycles. The Morgan fingerprint density at radius 2 is 1.80 bits per heavy atom. The van der Waals surface area contributed by atoms with Crippen molar-refractivity contribution in [3.05, 3.63) is 71.0 Å². The van der Waals surface area contributed by atoms with Crippen LogP contribution in [0.1, 0.15) is 40.4 Å². The molecule has 1 unspecified atom stereocenters. The lowest BCUT2D eigenvalue weighted by Crippen LogP contribution is -2.32. The highest BCUT2D eigenvalue weighted by Crippen LogP contribution is 2.18. The zero-order valence-corrected chi connectivity index (χ0v) is 14.1. The summed E-state index contributed by atoms with van der Waals surface area (Å²) in [6, 6.07) is 12.8. The minimum Gasteiger partial charge on any atom is -0.394 e. The molecule has 3 rings (SSSR count). The zero-order chi connectivity index (χ0) is 17.6. The van der Waals surface area contributed by atoms with E-state index >= 15 is 0 Å². The zero-order valence-electron chi connectivity index (χ0n) is 14.1. The lowest BCUT2D eigenvalue weighted by molar-refractivity contribution is 0.0914. The summed E-state index contributed by atoms with van der Waals surface area (Å²) in [5.74, 6) is -0.569. The van der Waals surface area contributed by atoms with Crippen molar-refractivity contribution in [2.45, 2.75) is 25.4 Å². The first-order valence-corrected chi connectivity index (χ1v) is 8.65. The summed E-state index contributed by atoms with van der Waals surface area (Å²) in [6.45, 7) is 2.63. The van der Waals surface area contributed by atoms with Crippen molar-refractivity contribution in [3.8, 4) is 0 Å². The summed E-state index contributed by atoms with van der Waals surface area (Å²) in [5.41, 5.74) is 2.28. The molecule has 1 saturated heterocycles. The maximum absolute atomic E-state index is 13.1. The molecule has 2 aromatic carbocycles. The average molecular weight is 342 g/mol. The van der Waals surface area contributed by atoms with Gasteiger partial charge in [0.2, 0.25) is 0 Å². The summed E-state index contributed by atoms with van der Waals surface area (Å²) in [4.78, 5) is 15.1. The van der Waals surface area contributed by atoms with Gasteiger partial charge in [0, 0.05) is 12.1 Å². The molecule has 1 amide bonds. The fraction of sp³-hybridized carbons (Fsp3) is 0.350. The largest absolute Gasteiger partial charge is 0.394 e. The highest BCUT2D eigenvalue weighted by atomic mass is 19.1. The highest BCUT2D eigenvalue weighted by Gasteiger charge is 2.19. The van der Waals surface area contributed by atoms with Crippen molar-refractivity contribution in [2.75, 3.05) is 19.7 Å². The lowest BCUT2D eigenvalue weighted by Gasteiger charge is -2.20. The Kier molecular flexibility index (Phi) is 5.79. The molecule has 0 saturated carbocycles. The molecule has 1 heterocycles. The van der Waals surface area contributed by atoms with E-state index in [2.05, 4.69) is 10.2 Å². The molecule has 0 aliphatic carbocycles. The van der Waals surface area contributed by atoms with Crippen LogP contribution in [0.2, 0.25) is 0 Å². The second-order valence-corrected chi connectivity index (χ2v) is 6.40. The van der Waals surface area contributed by atoms with Gasteiger partial charge in [0.25, 0.3) is 5.91 Å². The first kappa shape index (κ1) is 17.6. The maximum atomic E-state index is 13.1. The quantitative estimate of drug-likeness (QED) is 0.849. The Hall–Kier alpha value is -2.24. The van der Waals surface area contributed by atoms with Crippen LogP contribution in [0, 0.1) is 5.82 Å². The van der Waals surface area contributed by atoms with Gasteiger partial charge in [0.15, 0.2) is 0 Å². The second-order valence-electron chi connectivity index (χ2n) is 6.40. The van der Waals surface area contributed by atoms with Gasteiger partial charge >= 0.3 is 0 Å². The maximum Gasteiger partial charge on any atom is 0.252 e. The Morgan fingerprint density at radius 1 is 1.12 bits per heavy atom. The van der Waals surface area contributed by atoms with Crippen LogP contribution in [0.25, 0.3) is 0 Å². The third kappa shape index (κ3) is 4.44. The van der Waals surface area contributed by atoms with Gasteiger partial charge in [-0.25, -0.2) is 4.39 Å². The minimum atomic E-state index is -0.562. The van der Waals surface area contributed by atoms with Crippen molar-refractivity contribution < 1.29 is 14.3 Å². The van der Waals surface area contributed by atoms with E-state index < -0.39 is 6.04 Å². The van der Waals surface area contributed by atoms with Crippen LogP contribution < -0.4 is 5.32 Å². The molecule has 1 aliphatic rings. The van der Waals surface area contributed by atoms with E-state index in [9.17, 15) is 14.3 Å². The number of carbonyl (C=O) groups is 1. The van der Waals surface area contributed by atoms with Gasteiger partial charge < -0.3 is 10.4 Å². The number of nitrogens with one attached hydrogen (secondary N) is 1. The summed E-state index contributed by atoms with van der Waals surface area (Å²) in [6.07, 6.45) is 2.40. The van der Waals surface area contributed by atoms with Gasteiger partial charge in [-0.2, -0.15) is 0 Å². The molecule has 2 aromatic rings. The SMILES string of the molecule is O=C(NC(CO)c1ccc(F)cc1)c1ccccc1CN1CCCC1. The number of benzene rings is 2. The number of aliphatic hydroxyl groups is 1. The molecular weight excluding hydrogens is 319 g/mol. The number of hydrogen-bond donors (Lipinski definition) is 2. The van der Waals surface area contributed by atoms with E-state index in [0.29, 0.717) is 11.1 Å². The van der Waals surface area contributed by atoms with Gasteiger partial charge in [-0.1, -0.05) is 30.3 Å². The average Bonchev–Trinajstić information content (AvgIpc) is 3.14. The van der Waals surface area contributed by atoms with Crippen molar-refractivity contribution in [1.82, 2.24) is 10.2 Å². The number of rotatable bonds is 6. The van der Waals surface area contributed by atoms with Crippen molar-refractivity contribution in [2.24, 2.45) is 0 Å². The van der Waals surface area contributed by atoms with Gasteiger partial charge in [-0.3, -0.25) is 9.69 Å². The summed E-state index contributed by atoms with van der Waals surface area (Å²) in [5, 5.41) is 12.5. The van der Waals surface area contributed by atoms with E-state index in [1.54, 1.807) is 18.2 Å². The Balaban J connectivity index is 1.74. The molecule has 132 valence electrons. The number of aliphatic hydroxyl groups excluding tert-OH is 1. The number of nitrogens with zero attached hydrogens (tertiary/aromatic N) is 1. The van der Waals surface area contributed by atoms with Crippen LogP contribution in [0.5, 0.6) is 0 Å². The molecule has 1 atom stereocenters. The Labute approximate surface area is 147 Å². The van der Waals surface area contributed by atoms with Crippen molar-refractivity contribution in [1.29, 1.82) is 0 Å². The summed E-state index contributed by atoms with van der Waals surface area (Å²) < 4.78 is 13.1. The van der Waals surface area contributed by atoms with Crippen LogP contribution in [-0.4, -0.2) is 35.6 Å². The Bertz CT molecular complexity index is 712. The lowest BCUT2D eigenvalue weighted by atomic mass is 10.0. The smallest absolute Gasteiger partial charge is 0.252 e. The topological polar surface area (TPSA) is 52.6 Å². The van der Waals surface area contributed by atoms with Crippen molar-refractivity contribution >= 4 is 5.91 Å². The Morgan fingerprint density at radius 3 is 2.48 bits per heavy atom. The van der Waals surface area contributed by atoms with Crippen LogP contribution >= 0.6 is 0 Å². The first-order chi connectivity index (χ1) is 12.2. The van der Waals surface area contributed by atoms with Gasteiger partial charge in [0.05, 0.1) is 12.6 Å². The molecule has 5 heteroatoms. The van der Waals surface area contributed by atoms with Gasteiger partial charge in [-0.15, -0.1) is 0 Å². The normalized spacial score (nSPS) is 15.9. The number of carbonyl (C=O) groups excluding carboxylic acids is 1. The summed E-state index contributed by atoms with van der Waals surface area (Å²) in [7, 11) is 0. The third-order valence-corrected chi connectivity index (χ3v) is 4.61. The van der Waals surface area contributed by atoms with E-state index in [-0.39, 0.29) is 18.3 Å². The van der Waals surface area contributed by atoms with E-state index in [1.165, 1.54) is 25.0 Å². The van der Waals surface area contributed by atoms with Gasteiger partial charge in [-0.05, 0) is 55.3 Å². The molecule has 0 radical (unpaired) electrons. The van der Waals surface area contributed by atoms with Crippen LogP contribution in [0.3, 0.4) is 0 Å².